The molecule has 0 aliphatic carbocycles. The van der Waals surface area contributed by atoms with Crippen LogP contribution in [-0.4, -0.2) is 54.8 Å². The van der Waals surface area contributed by atoms with Crippen LogP contribution >= 0.6 is 0 Å². The molecular formula is C26H35N7O5. The maximum absolute atomic E-state index is 12.8. The summed E-state index contributed by atoms with van der Waals surface area (Å²) in [5.74, 6) is -2.51. The number of nitrogens with one attached hydrogen (secondary N) is 3. The van der Waals surface area contributed by atoms with Crippen molar-refractivity contribution in [3.63, 3.8) is 0 Å². The molecule has 0 aromatic heterocycles. The first-order chi connectivity index (χ1) is 18.2. The minimum absolute atomic E-state index is 0.0247. The minimum Gasteiger partial charge on any atom is -0.459 e. The van der Waals surface area contributed by atoms with Crippen LogP contribution in [0.15, 0.2) is 65.7 Å². The Labute approximate surface area is 221 Å². The van der Waals surface area contributed by atoms with Crippen molar-refractivity contribution in [3.8, 4) is 0 Å². The third-order valence-electron chi connectivity index (χ3n) is 5.29. The number of nitrogens with zero attached hydrogens (tertiary/aromatic N) is 1. The Morgan fingerprint density at radius 1 is 0.868 bits per heavy atom. The average molecular weight is 526 g/mol. The highest BCUT2D eigenvalue weighted by molar-refractivity contribution is 5.92. The second kappa shape index (κ2) is 16.3. The molecule has 9 N–H and O–H groups in total. The lowest BCUT2D eigenvalue weighted by atomic mass is 10.1. The van der Waals surface area contributed by atoms with Gasteiger partial charge in [0.15, 0.2) is 5.96 Å². The lowest BCUT2D eigenvalue weighted by Gasteiger charge is -2.18. The summed E-state index contributed by atoms with van der Waals surface area (Å²) in [7, 11) is 0. The van der Waals surface area contributed by atoms with Gasteiger partial charge in [-0.05, 0) is 24.0 Å². The Morgan fingerprint density at radius 2 is 1.50 bits per heavy atom. The number of hydrogen-bond acceptors (Lipinski definition) is 7. The standard InChI is InChI=1S/C26H35N7O5/c27-20(12-7-13-30-26(28)29)24(36)32-16-23(35)33-21(25(37)38-17-19-10-5-2-6-11-19)14-22(34)31-15-18-8-3-1-4-9-18/h1-6,8-11,20-21H,7,12-17,27H2,(H,31,34)(H,32,36)(H,33,35)(H4,28,29,30)/t20-,21-/m0/s1. The molecule has 2 aromatic carbocycles. The molecule has 3 amide bonds. The highest BCUT2D eigenvalue weighted by atomic mass is 16.5. The van der Waals surface area contributed by atoms with Crippen LogP contribution in [0.25, 0.3) is 0 Å². The highest BCUT2D eigenvalue weighted by Crippen LogP contribution is 2.05. The van der Waals surface area contributed by atoms with Crippen molar-refractivity contribution in [3.05, 3.63) is 71.8 Å². The Bertz CT molecular complexity index is 1080. The predicted molar refractivity (Wildman–Crippen MR) is 142 cm³/mol. The van der Waals surface area contributed by atoms with Gasteiger partial charge in [0.2, 0.25) is 17.7 Å². The van der Waals surface area contributed by atoms with E-state index in [2.05, 4.69) is 20.9 Å². The second-order valence-corrected chi connectivity index (χ2v) is 8.45. The van der Waals surface area contributed by atoms with E-state index in [9.17, 15) is 19.2 Å². The molecule has 38 heavy (non-hydrogen) atoms. The van der Waals surface area contributed by atoms with Crippen LogP contribution in [0.1, 0.15) is 30.4 Å². The fraction of sp³-hybridized carbons (Fsp3) is 0.346. The number of carbonyl (C=O) groups excluding carboxylic acids is 4. The monoisotopic (exact) mass is 525 g/mol. The van der Waals surface area contributed by atoms with Gasteiger partial charge in [-0.3, -0.25) is 19.4 Å². The zero-order valence-corrected chi connectivity index (χ0v) is 21.1. The molecule has 2 aromatic rings. The molecule has 0 bridgehead atoms. The number of nitrogens with two attached hydrogens (primary N) is 3. The molecule has 12 nitrogen and oxygen atoms in total. The first kappa shape index (κ1) is 29.8. The van der Waals surface area contributed by atoms with Crippen LogP contribution in [0.5, 0.6) is 0 Å². The summed E-state index contributed by atoms with van der Waals surface area (Å²) in [5, 5.41) is 7.60. The summed E-state index contributed by atoms with van der Waals surface area (Å²) >= 11 is 0. The molecule has 2 rings (SSSR count). The minimum atomic E-state index is -1.26. The van der Waals surface area contributed by atoms with Crippen molar-refractivity contribution in [2.45, 2.75) is 44.5 Å². The Morgan fingerprint density at radius 3 is 2.13 bits per heavy atom. The molecule has 0 saturated carbocycles. The molecule has 0 radical (unpaired) electrons. The van der Waals surface area contributed by atoms with E-state index < -0.39 is 42.3 Å². The number of ether oxygens (including phenoxy) is 1. The fourth-order valence-corrected chi connectivity index (χ4v) is 3.27. The molecule has 0 heterocycles. The number of hydrogen-bond donors (Lipinski definition) is 6. The maximum atomic E-state index is 12.8. The summed E-state index contributed by atoms with van der Waals surface area (Å²) in [6.07, 6.45) is 0.441. The molecule has 0 aliphatic heterocycles. The molecule has 2 atom stereocenters. The van der Waals surface area contributed by atoms with Gasteiger partial charge in [0.1, 0.15) is 12.6 Å². The number of guanidine groups is 1. The largest absolute Gasteiger partial charge is 0.459 e. The van der Waals surface area contributed by atoms with Crippen LogP contribution in [0.3, 0.4) is 0 Å². The number of aliphatic imine (C=N–C) groups is 1. The van der Waals surface area contributed by atoms with E-state index in [1.54, 1.807) is 24.3 Å². The highest BCUT2D eigenvalue weighted by Gasteiger charge is 2.26. The van der Waals surface area contributed by atoms with E-state index in [0.29, 0.717) is 19.4 Å². The lowest BCUT2D eigenvalue weighted by Crippen LogP contribution is -2.50. The topological polar surface area (TPSA) is 204 Å². The van der Waals surface area contributed by atoms with Crippen molar-refractivity contribution in [2.75, 3.05) is 13.1 Å². The molecule has 0 spiro atoms. The van der Waals surface area contributed by atoms with E-state index in [-0.39, 0.29) is 25.5 Å². The van der Waals surface area contributed by atoms with E-state index in [1.807, 2.05) is 36.4 Å². The van der Waals surface area contributed by atoms with Gasteiger partial charge < -0.3 is 37.9 Å². The van der Waals surface area contributed by atoms with Gasteiger partial charge in [-0.2, -0.15) is 0 Å². The first-order valence-electron chi connectivity index (χ1n) is 12.1. The number of esters is 1. The van der Waals surface area contributed by atoms with Gasteiger partial charge in [0.05, 0.1) is 19.0 Å². The summed E-state index contributed by atoms with van der Waals surface area (Å²) in [6.45, 7) is 0.122. The predicted octanol–water partition coefficient (Wildman–Crippen LogP) is -0.582. The van der Waals surface area contributed by atoms with Gasteiger partial charge >= 0.3 is 5.97 Å². The number of amides is 3. The van der Waals surface area contributed by atoms with Crippen molar-refractivity contribution in [1.82, 2.24) is 16.0 Å². The quantitative estimate of drug-likeness (QED) is 0.0766. The zero-order valence-electron chi connectivity index (χ0n) is 21.1. The van der Waals surface area contributed by atoms with Crippen molar-refractivity contribution < 1.29 is 23.9 Å². The van der Waals surface area contributed by atoms with Crippen molar-refractivity contribution >= 4 is 29.7 Å². The van der Waals surface area contributed by atoms with Gasteiger partial charge in [-0.15, -0.1) is 0 Å². The molecule has 0 unspecified atom stereocenters. The van der Waals surface area contributed by atoms with Gasteiger partial charge in [-0.25, -0.2) is 4.79 Å². The molecule has 0 aliphatic rings. The van der Waals surface area contributed by atoms with E-state index in [0.717, 1.165) is 11.1 Å². The van der Waals surface area contributed by atoms with Crippen LogP contribution in [0.4, 0.5) is 0 Å². The number of rotatable bonds is 15. The van der Waals surface area contributed by atoms with Crippen LogP contribution < -0.4 is 33.2 Å². The Balaban J connectivity index is 1.89. The smallest absolute Gasteiger partial charge is 0.329 e. The third kappa shape index (κ3) is 12.0. The van der Waals surface area contributed by atoms with Gasteiger partial charge in [-0.1, -0.05) is 60.7 Å². The molecule has 0 saturated heterocycles. The molecule has 204 valence electrons. The Hall–Kier alpha value is -4.45. The zero-order chi connectivity index (χ0) is 27.8. The average Bonchev–Trinajstić information content (AvgIpc) is 2.92. The normalized spacial score (nSPS) is 11.9. The maximum Gasteiger partial charge on any atom is 0.329 e. The lowest BCUT2D eigenvalue weighted by molar-refractivity contribution is -0.150. The molecule has 0 fully saturated rings. The Kier molecular flexibility index (Phi) is 12.8. The summed E-state index contributed by atoms with van der Waals surface area (Å²) in [5.41, 5.74) is 18.0. The molecule has 12 heteroatoms. The van der Waals surface area contributed by atoms with Gasteiger partial charge in [0, 0.05) is 13.1 Å². The van der Waals surface area contributed by atoms with Crippen molar-refractivity contribution in [2.24, 2.45) is 22.2 Å². The summed E-state index contributed by atoms with van der Waals surface area (Å²) < 4.78 is 5.32. The molecular weight excluding hydrogens is 490 g/mol. The van der Waals surface area contributed by atoms with Gasteiger partial charge in [0.25, 0.3) is 0 Å². The van der Waals surface area contributed by atoms with Crippen LogP contribution in [0.2, 0.25) is 0 Å². The SMILES string of the molecule is NC(N)=NCCC[C@H](N)C(=O)NCC(=O)N[C@@H](CC(=O)NCc1ccccc1)C(=O)OCc1ccccc1. The third-order valence-corrected chi connectivity index (χ3v) is 5.29. The van der Waals surface area contributed by atoms with E-state index >= 15 is 0 Å². The first-order valence-corrected chi connectivity index (χ1v) is 12.1. The van der Waals surface area contributed by atoms with E-state index in [1.165, 1.54) is 0 Å². The second-order valence-electron chi connectivity index (χ2n) is 8.45. The number of benzene rings is 2. The fourth-order valence-electron chi connectivity index (χ4n) is 3.27. The summed E-state index contributed by atoms with van der Waals surface area (Å²) in [6, 6.07) is 16.1. The van der Waals surface area contributed by atoms with Crippen LogP contribution in [-0.2, 0) is 37.1 Å². The van der Waals surface area contributed by atoms with E-state index in [4.69, 9.17) is 21.9 Å². The van der Waals surface area contributed by atoms with Crippen molar-refractivity contribution in [1.29, 1.82) is 0 Å². The number of carbonyl (C=O) groups is 4. The summed E-state index contributed by atoms with van der Waals surface area (Å²) in [4.78, 5) is 53.8. The van der Waals surface area contributed by atoms with Crippen LogP contribution in [0, 0.1) is 0 Å².